The molecule has 0 saturated heterocycles. The molecule has 6 heteroatoms. The van der Waals surface area contributed by atoms with Gasteiger partial charge < -0.3 is 20.2 Å². The number of carbonyl (C=O) groups is 1. The number of nitrogens with one attached hydrogen (secondary N) is 1. The van der Waals surface area contributed by atoms with E-state index >= 15 is 0 Å². The number of esters is 1. The van der Waals surface area contributed by atoms with Crippen molar-refractivity contribution in [1.29, 1.82) is 0 Å². The highest BCUT2D eigenvalue weighted by Gasteiger charge is 2.21. The number of aromatic amines is 1. The molecule has 2 aromatic carbocycles. The van der Waals surface area contributed by atoms with Crippen LogP contribution in [0.15, 0.2) is 42.6 Å². The fourth-order valence-electron chi connectivity index (χ4n) is 3.39. The molecule has 0 aliphatic carbocycles. The quantitative estimate of drug-likeness (QED) is 0.299. The molecule has 0 unspecified atom stereocenters. The van der Waals surface area contributed by atoms with Crippen molar-refractivity contribution in [3.8, 4) is 16.9 Å². The number of halogens is 1. The zero-order valence-corrected chi connectivity index (χ0v) is 19.2. The standard InChI is InChI=1S/C25H31ClN2O3/c1-25(2,3)31-24(29)21-16-28-23-15-22(26)19(14-20(21)23)17-8-10-18(11-9-17)30-13-7-5-4-6-12-27/h8-11,14-16,28H,4-7,12-13,27H2,1-3H3. The molecular weight excluding hydrogens is 412 g/mol. The van der Waals surface area contributed by atoms with Crippen molar-refractivity contribution in [2.75, 3.05) is 13.2 Å². The van der Waals surface area contributed by atoms with Crippen LogP contribution in [0, 0.1) is 0 Å². The average molecular weight is 443 g/mol. The van der Waals surface area contributed by atoms with Gasteiger partial charge in [-0.05, 0) is 70.0 Å². The number of fused-ring (bicyclic) bond motifs is 1. The first-order valence-corrected chi connectivity index (χ1v) is 11.1. The Kier molecular flexibility index (Phi) is 7.63. The van der Waals surface area contributed by atoms with Crippen molar-refractivity contribution in [3.05, 3.63) is 53.2 Å². The van der Waals surface area contributed by atoms with Gasteiger partial charge in [0.2, 0.25) is 0 Å². The molecule has 0 aliphatic heterocycles. The maximum absolute atomic E-state index is 12.6. The number of nitrogens with two attached hydrogens (primary N) is 1. The van der Waals surface area contributed by atoms with E-state index in [4.69, 9.17) is 26.8 Å². The van der Waals surface area contributed by atoms with Crippen molar-refractivity contribution in [2.45, 2.75) is 52.1 Å². The summed E-state index contributed by atoms with van der Waals surface area (Å²) in [5.41, 5.74) is 8.06. The number of aromatic nitrogens is 1. The van der Waals surface area contributed by atoms with Crippen LogP contribution < -0.4 is 10.5 Å². The molecule has 0 fully saturated rings. The number of hydrogen-bond acceptors (Lipinski definition) is 4. The fourth-order valence-corrected chi connectivity index (χ4v) is 3.66. The summed E-state index contributed by atoms with van der Waals surface area (Å²) in [6, 6.07) is 11.6. The third-order valence-electron chi connectivity index (χ3n) is 4.92. The minimum absolute atomic E-state index is 0.359. The zero-order valence-electron chi connectivity index (χ0n) is 18.5. The van der Waals surface area contributed by atoms with E-state index in [2.05, 4.69) is 4.98 Å². The van der Waals surface area contributed by atoms with Crippen molar-refractivity contribution in [3.63, 3.8) is 0 Å². The van der Waals surface area contributed by atoms with Gasteiger partial charge in [-0.2, -0.15) is 0 Å². The van der Waals surface area contributed by atoms with E-state index in [0.29, 0.717) is 17.2 Å². The molecule has 3 N–H and O–H groups in total. The van der Waals surface area contributed by atoms with E-state index in [1.807, 2.05) is 57.2 Å². The van der Waals surface area contributed by atoms with Crippen LogP contribution in [0.2, 0.25) is 5.02 Å². The predicted molar refractivity (Wildman–Crippen MR) is 127 cm³/mol. The van der Waals surface area contributed by atoms with Crippen molar-refractivity contribution in [2.24, 2.45) is 5.73 Å². The summed E-state index contributed by atoms with van der Waals surface area (Å²) in [4.78, 5) is 15.7. The molecule has 1 aromatic heterocycles. The van der Waals surface area contributed by atoms with Gasteiger partial charge in [-0.3, -0.25) is 0 Å². The molecule has 3 rings (SSSR count). The average Bonchev–Trinajstić information content (AvgIpc) is 3.12. The number of ether oxygens (including phenoxy) is 2. The zero-order chi connectivity index (χ0) is 22.4. The summed E-state index contributed by atoms with van der Waals surface area (Å²) < 4.78 is 11.4. The normalized spacial score (nSPS) is 11.6. The molecule has 31 heavy (non-hydrogen) atoms. The minimum Gasteiger partial charge on any atom is -0.494 e. The van der Waals surface area contributed by atoms with Crippen molar-refractivity contribution < 1.29 is 14.3 Å². The fraction of sp³-hybridized carbons (Fsp3) is 0.400. The molecule has 166 valence electrons. The Morgan fingerprint density at radius 3 is 2.45 bits per heavy atom. The monoisotopic (exact) mass is 442 g/mol. The molecule has 0 radical (unpaired) electrons. The maximum atomic E-state index is 12.6. The van der Waals surface area contributed by atoms with Crippen LogP contribution in [0.1, 0.15) is 56.8 Å². The lowest BCUT2D eigenvalue weighted by molar-refractivity contribution is 0.00719. The van der Waals surface area contributed by atoms with E-state index in [9.17, 15) is 4.79 Å². The third kappa shape index (κ3) is 6.25. The van der Waals surface area contributed by atoms with Crippen LogP contribution in [0.25, 0.3) is 22.0 Å². The number of rotatable bonds is 9. The van der Waals surface area contributed by atoms with Gasteiger partial charge in [0.05, 0.1) is 17.2 Å². The molecule has 0 amide bonds. The highest BCUT2D eigenvalue weighted by atomic mass is 35.5. The van der Waals surface area contributed by atoms with Gasteiger partial charge in [-0.25, -0.2) is 4.79 Å². The summed E-state index contributed by atoms with van der Waals surface area (Å²) in [6.07, 6.45) is 6.02. The Hall–Kier alpha value is -2.50. The Labute approximate surface area is 188 Å². The lowest BCUT2D eigenvalue weighted by Crippen LogP contribution is -2.23. The van der Waals surface area contributed by atoms with Crippen LogP contribution in [0.4, 0.5) is 0 Å². The molecule has 5 nitrogen and oxygen atoms in total. The van der Waals surface area contributed by atoms with E-state index in [1.165, 1.54) is 0 Å². The van der Waals surface area contributed by atoms with Crippen LogP contribution in [-0.2, 0) is 4.74 Å². The maximum Gasteiger partial charge on any atom is 0.340 e. The van der Waals surface area contributed by atoms with Crippen LogP contribution >= 0.6 is 11.6 Å². The lowest BCUT2D eigenvalue weighted by Gasteiger charge is -2.19. The first-order valence-electron chi connectivity index (χ1n) is 10.8. The highest BCUT2D eigenvalue weighted by Crippen LogP contribution is 2.34. The van der Waals surface area contributed by atoms with E-state index in [0.717, 1.165) is 60.0 Å². The van der Waals surface area contributed by atoms with Crippen LogP contribution in [-0.4, -0.2) is 29.7 Å². The first-order chi connectivity index (χ1) is 14.8. The van der Waals surface area contributed by atoms with Crippen molar-refractivity contribution >= 4 is 28.5 Å². The third-order valence-corrected chi connectivity index (χ3v) is 5.23. The van der Waals surface area contributed by atoms with E-state index in [1.54, 1.807) is 6.20 Å². The second-order valence-electron chi connectivity index (χ2n) is 8.66. The smallest absolute Gasteiger partial charge is 0.340 e. The number of carbonyl (C=O) groups excluding carboxylic acids is 1. The summed E-state index contributed by atoms with van der Waals surface area (Å²) in [5.74, 6) is 0.470. The molecule has 1 heterocycles. The second-order valence-corrected chi connectivity index (χ2v) is 9.06. The largest absolute Gasteiger partial charge is 0.494 e. The van der Waals surface area contributed by atoms with Gasteiger partial charge in [-0.1, -0.05) is 36.6 Å². The molecular formula is C25H31ClN2O3. The minimum atomic E-state index is -0.559. The van der Waals surface area contributed by atoms with Crippen LogP contribution in [0.5, 0.6) is 5.75 Å². The molecule has 0 aliphatic rings. The summed E-state index contributed by atoms with van der Waals surface area (Å²) in [5, 5.41) is 1.39. The lowest BCUT2D eigenvalue weighted by atomic mass is 10.0. The van der Waals surface area contributed by atoms with Crippen LogP contribution in [0.3, 0.4) is 0 Å². The molecule has 0 bridgehead atoms. The summed E-state index contributed by atoms with van der Waals surface area (Å²) in [6.45, 7) is 7.00. The van der Waals surface area contributed by atoms with E-state index in [-0.39, 0.29) is 5.97 Å². The SMILES string of the molecule is CC(C)(C)OC(=O)c1c[nH]c2cc(Cl)c(-c3ccc(OCCCCCCN)cc3)cc12. The van der Waals surface area contributed by atoms with Gasteiger partial charge in [0.25, 0.3) is 0 Å². The molecule has 0 spiro atoms. The summed E-state index contributed by atoms with van der Waals surface area (Å²) in [7, 11) is 0. The molecule has 3 aromatic rings. The Morgan fingerprint density at radius 1 is 1.06 bits per heavy atom. The molecule has 0 atom stereocenters. The van der Waals surface area contributed by atoms with Gasteiger partial charge in [0.1, 0.15) is 11.4 Å². The first kappa shape index (κ1) is 23.2. The number of benzene rings is 2. The summed E-state index contributed by atoms with van der Waals surface area (Å²) >= 11 is 6.54. The Bertz CT molecular complexity index is 1020. The van der Waals surface area contributed by atoms with Crippen molar-refractivity contribution in [1.82, 2.24) is 4.98 Å². The molecule has 0 saturated carbocycles. The van der Waals surface area contributed by atoms with Gasteiger partial charge >= 0.3 is 5.97 Å². The van der Waals surface area contributed by atoms with Gasteiger partial charge in [-0.15, -0.1) is 0 Å². The Balaban J connectivity index is 1.75. The predicted octanol–water partition coefficient (Wildman–Crippen LogP) is 6.34. The van der Waals surface area contributed by atoms with Gasteiger partial charge in [0, 0.05) is 22.7 Å². The second kappa shape index (κ2) is 10.2. The highest BCUT2D eigenvalue weighted by molar-refractivity contribution is 6.34. The number of hydrogen-bond donors (Lipinski definition) is 2. The van der Waals surface area contributed by atoms with E-state index < -0.39 is 5.60 Å². The number of H-pyrrole nitrogens is 1. The van der Waals surface area contributed by atoms with Gasteiger partial charge in [0.15, 0.2) is 0 Å². The number of unbranched alkanes of at least 4 members (excludes halogenated alkanes) is 3. The Morgan fingerprint density at radius 2 is 1.77 bits per heavy atom. The topological polar surface area (TPSA) is 77.3 Å².